The molecule has 1 aromatic heterocycles. The van der Waals surface area contributed by atoms with Gasteiger partial charge in [-0.15, -0.1) is 0 Å². The predicted octanol–water partition coefficient (Wildman–Crippen LogP) is 1.66. The molecule has 0 saturated carbocycles. The molecule has 73 valence electrons. The number of rotatable bonds is 2. The number of nitrogens with zero attached hydrogens (tertiary/aromatic N) is 1. The maximum Gasteiger partial charge on any atom is 0.151 e. The van der Waals surface area contributed by atoms with Gasteiger partial charge < -0.3 is 0 Å². The fourth-order valence-corrected chi connectivity index (χ4v) is 2.11. The van der Waals surface area contributed by atoms with E-state index in [1.807, 2.05) is 0 Å². The van der Waals surface area contributed by atoms with Crippen molar-refractivity contribution in [2.75, 3.05) is 6.26 Å². The van der Waals surface area contributed by atoms with Crippen LogP contribution in [0.25, 0.3) is 0 Å². The van der Waals surface area contributed by atoms with Crippen LogP contribution in [-0.2, 0) is 15.6 Å². The first-order valence-corrected chi connectivity index (χ1v) is 6.59. The van der Waals surface area contributed by atoms with Crippen LogP contribution in [-0.4, -0.2) is 49.2 Å². The quantitative estimate of drug-likeness (QED) is 0.617. The molecule has 0 spiro atoms. The summed E-state index contributed by atoms with van der Waals surface area (Å²) >= 11 is 8.81. The van der Waals surface area contributed by atoms with E-state index in [0.717, 1.165) is 0 Å². The number of sulfone groups is 1. The molecule has 0 saturated heterocycles. The minimum Gasteiger partial charge on any atom is -0.243 e. The molecule has 0 aliphatic heterocycles. The molecule has 0 aromatic carbocycles. The Bertz CT molecular complexity index is 424. The fraction of sp³-hybridized carbons (Fsp3) is 0.286. The molecule has 1 aromatic rings. The molecule has 7 heteroatoms. The first-order valence-electron chi connectivity index (χ1n) is 3.36. The van der Waals surface area contributed by atoms with Crippen molar-refractivity contribution in [3.8, 4) is 0 Å². The van der Waals surface area contributed by atoms with Crippen molar-refractivity contribution in [1.82, 2.24) is 4.98 Å². The normalized spacial score (nSPS) is 10.8. The number of hydrogen-bond acceptors (Lipinski definition) is 3. The molecule has 0 N–H and O–H groups in total. The van der Waals surface area contributed by atoms with Gasteiger partial charge in [0.25, 0.3) is 0 Å². The SMILES string of the molecule is CS(=O)(=O)Cc1cnc(Cl)c(Br)c1.[Na]. The molecule has 0 aliphatic rings. The Morgan fingerprint density at radius 3 is 2.57 bits per heavy atom. The van der Waals surface area contributed by atoms with Crippen molar-refractivity contribution in [2.24, 2.45) is 0 Å². The summed E-state index contributed by atoms with van der Waals surface area (Å²) < 4.78 is 22.4. The van der Waals surface area contributed by atoms with E-state index < -0.39 is 9.84 Å². The molecular formula is C7H7BrClNNaO2S. The second kappa shape index (κ2) is 5.82. The molecule has 1 radical (unpaired) electrons. The van der Waals surface area contributed by atoms with Crippen LogP contribution >= 0.6 is 27.5 Å². The molecule has 0 fully saturated rings. The first kappa shape index (κ1) is 14.9. The van der Waals surface area contributed by atoms with Gasteiger partial charge in [0.15, 0.2) is 9.84 Å². The number of halogens is 2. The molecule has 0 aliphatic carbocycles. The minimum absolute atomic E-state index is 0. The Morgan fingerprint density at radius 1 is 1.57 bits per heavy atom. The third-order valence-electron chi connectivity index (χ3n) is 1.28. The van der Waals surface area contributed by atoms with Crippen LogP contribution in [0.1, 0.15) is 5.56 Å². The zero-order valence-electron chi connectivity index (χ0n) is 7.79. The molecule has 0 atom stereocenters. The van der Waals surface area contributed by atoms with Crippen LogP contribution in [0.2, 0.25) is 5.15 Å². The number of pyridine rings is 1. The molecule has 0 bridgehead atoms. The minimum atomic E-state index is -3.01. The van der Waals surface area contributed by atoms with E-state index in [9.17, 15) is 8.42 Å². The largest absolute Gasteiger partial charge is 0.243 e. The van der Waals surface area contributed by atoms with E-state index in [0.29, 0.717) is 15.2 Å². The summed E-state index contributed by atoms with van der Waals surface area (Å²) in [5, 5.41) is 0.331. The summed E-state index contributed by atoms with van der Waals surface area (Å²) in [5.41, 5.74) is 0.624. The van der Waals surface area contributed by atoms with E-state index in [1.54, 1.807) is 6.07 Å². The molecule has 3 nitrogen and oxygen atoms in total. The first-order chi connectivity index (χ1) is 5.88. The Balaban J connectivity index is 0.00000169. The zero-order chi connectivity index (χ0) is 10.1. The maximum absolute atomic E-state index is 10.9. The summed E-state index contributed by atoms with van der Waals surface area (Å²) in [6.45, 7) is 0. The van der Waals surface area contributed by atoms with Crippen molar-refractivity contribution in [3.63, 3.8) is 0 Å². The topological polar surface area (TPSA) is 47.0 Å². The van der Waals surface area contributed by atoms with Gasteiger partial charge in [-0.3, -0.25) is 0 Å². The van der Waals surface area contributed by atoms with E-state index in [1.165, 1.54) is 12.5 Å². The second-order valence-corrected chi connectivity index (χ2v) is 6.04. The number of hydrogen-bond donors (Lipinski definition) is 0. The van der Waals surface area contributed by atoms with Crippen LogP contribution in [0.5, 0.6) is 0 Å². The summed E-state index contributed by atoms with van der Waals surface area (Å²) in [7, 11) is -3.01. The number of aromatic nitrogens is 1. The summed E-state index contributed by atoms with van der Waals surface area (Å²) in [5.74, 6) is -0.0181. The molecule has 0 amide bonds. The van der Waals surface area contributed by atoms with Gasteiger partial charge in [0.1, 0.15) is 5.15 Å². The van der Waals surface area contributed by atoms with Gasteiger partial charge in [0.05, 0.1) is 10.2 Å². The summed E-state index contributed by atoms with van der Waals surface area (Å²) in [6, 6.07) is 1.65. The van der Waals surface area contributed by atoms with E-state index in [4.69, 9.17) is 11.6 Å². The van der Waals surface area contributed by atoms with Crippen LogP contribution in [0, 0.1) is 0 Å². The van der Waals surface area contributed by atoms with Crippen molar-refractivity contribution in [3.05, 3.63) is 27.5 Å². The van der Waals surface area contributed by atoms with Gasteiger partial charge >= 0.3 is 0 Å². The van der Waals surface area contributed by atoms with Gasteiger partial charge in [0, 0.05) is 42.0 Å². The average molecular weight is 308 g/mol. The van der Waals surface area contributed by atoms with Crippen LogP contribution < -0.4 is 0 Å². The van der Waals surface area contributed by atoms with Gasteiger partial charge in [0.2, 0.25) is 0 Å². The van der Waals surface area contributed by atoms with E-state index in [-0.39, 0.29) is 35.3 Å². The van der Waals surface area contributed by atoms with Crippen molar-refractivity contribution >= 4 is 66.9 Å². The van der Waals surface area contributed by atoms with Gasteiger partial charge in [-0.05, 0) is 27.6 Å². The molecular weight excluding hydrogens is 300 g/mol. The molecule has 1 rings (SSSR count). The van der Waals surface area contributed by atoms with Gasteiger partial charge in [-0.2, -0.15) is 0 Å². The summed E-state index contributed by atoms with van der Waals surface area (Å²) in [4.78, 5) is 3.82. The fourth-order valence-electron chi connectivity index (χ4n) is 0.843. The summed E-state index contributed by atoms with van der Waals surface area (Å²) in [6.07, 6.45) is 2.63. The monoisotopic (exact) mass is 306 g/mol. The van der Waals surface area contributed by atoms with E-state index in [2.05, 4.69) is 20.9 Å². The Morgan fingerprint density at radius 2 is 2.14 bits per heavy atom. The smallest absolute Gasteiger partial charge is 0.151 e. The average Bonchev–Trinajstić information content (AvgIpc) is 1.94. The molecule has 1 heterocycles. The third-order valence-corrected chi connectivity index (χ3v) is 3.27. The van der Waals surface area contributed by atoms with Crippen LogP contribution in [0.4, 0.5) is 0 Å². The molecule has 0 unspecified atom stereocenters. The Hall–Kier alpha value is 0.870. The van der Waals surface area contributed by atoms with Crippen molar-refractivity contribution in [2.45, 2.75) is 5.75 Å². The standard InChI is InChI=1S/C7H7BrClNO2S.Na/c1-13(11,12)4-5-2-6(8)7(9)10-3-5;/h2-3H,4H2,1H3;. The van der Waals surface area contributed by atoms with E-state index >= 15 is 0 Å². The Labute approximate surface area is 119 Å². The predicted molar refractivity (Wildman–Crippen MR) is 61.2 cm³/mol. The second-order valence-electron chi connectivity index (χ2n) is 2.69. The van der Waals surface area contributed by atoms with Crippen molar-refractivity contribution < 1.29 is 8.42 Å². The zero-order valence-corrected chi connectivity index (χ0v) is 12.9. The van der Waals surface area contributed by atoms with Crippen LogP contribution in [0.3, 0.4) is 0 Å². The molecule has 14 heavy (non-hydrogen) atoms. The van der Waals surface area contributed by atoms with Gasteiger partial charge in [-0.1, -0.05) is 11.6 Å². The van der Waals surface area contributed by atoms with Crippen molar-refractivity contribution in [1.29, 1.82) is 0 Å². The van der Waals surface area contributed by atoms with Crippen LogP contribution in [0.15, 0.2) is 16.7 Å². The maximum atomic E-state index is 10.9. The third kappa shape index (κ3) is 5.09. The van der Waals surface area contributed by atoms with Gasteiger partial charge in [-0.25, -0.2) is 13.4 Å². The Kier molecular flexibility index (Phi) is 6.18.